The zero-order valence-electron chi connectivity index (χ0n) is 17.4. The van der Waals surface area contributed by atoms with E-state index in [0.717, 1.165) is 18.9 Å². The Morgan fingerprint density at radius 1 is 1.06 bits per heavy atom. The first-order valence-electron chi connectivity index (χ1n) is 10.4. The maximum atomic E-state index is 13.2. The van der Waals surface area contributed by atoms with E-state index in [1.54, 1.807) is 12.3 Å². The minimum atomic E-state index is -0.429. The van der Waals surface area contributed by atoms with E-state index in [0.29, 0.717) is 43.0 Å². The number of piperazine rings is 1. The Balaban J connectivity index is 1.20. The molecule has 1 N–H and O–H groups in total. The fourth-order valence-electron chi connectivity index (χ4n) is 3.47. The van der Waals surface area contributed by atoms with Gasteiger partial charge in [0.25, 0.3) is 5.91 Å². The van der Waals surface area contributed by atoms with Gasteiger partial charge in [-0.15, -0.1) is 10.2 Å². The number of carbonyl (C=O) groups is 2. The number of halogens is 1. The van der Waals surface area contributed by atoms with Crippen LogP contribution in [0, 0.1) is 5.82 Å². The summed E-state index contributed by atoms with van der Waals surface area (Å²) in [5, 5.41) is 11.5. The lowest BCUT2D eigenvalue weighted by molar-refractivity contribution is -0.131. The molecule has 8 nitrogen and oxygen atoms in total. The topological polar surface area (TPSA) is 91.3 Å². The monoisotopic (exact) mass is 454 g/mol. The predicted octanol–water partition coefficient (Wildman–Crippen LogP) is 3.00. The van der Waals surface area contributed by atoms with Crippen molar-refractivity contribution in [1.82, 2.24) is 20.1 Å². The third-order valence-corrected chi connectivity index (χ3v) is 6.11. The van der Waals surface area contributed by atoms with E-state index in [2.05, 4.69) is 25.4 Å². The van der Waals surface area contributed by atoms with Crippen LogP contribution in [-0.4, -0.2) is 58.1 Å². The number of aryl methyl sites for hydroxylation is 1. The standard InChI is InChI=1S/C22H23FN6O2S/c23-16-5-3-6-17(15-16)25-21(31)22-27-26-19(32-22)8-4-9-20(30)29-13-11-28(12-14-29)18-7-1-2-10-24-18/h1-3,5-7,10,15H,4,8-9,11-14H2,(H,25,31). The van der Waals surface area contributed by atoms with Gasteiger partial charge in [-0.05, 0) is 36.8 Å². The van der Waals surface area contributed by atoms with Gasteiger partial charge >= 0.3 is 0 Å². The fraction of sp³-hybridized carbons (Fsp3) is 0.318. The number of nitrogens with zero attached hydrogens (tertiary/aromatic N) is 5. The van der Waals surface area contributed by atoms with Crippen molar-refractivity contribution >= 4 is 34.7 Å². The molecule has 166 valence electrons. The first-order valence-corrected chi connectivity index (χ1v) is 11.2. The highest BCUT2D eigenvalue weighted by Crippen LogP contribution is 2.17. The minimum absolute atomic E-state index is 0.124. The van der Waals surface area contributed by atoms with Crippen LogP contribution >= 0.6 is 11.3 Å². The molecular weight excluding hydrogens is 431 g/mol. The minimum Gasteiger partial charge on any atom is -0.353 e. The van der Waals surface area contributed by atoms with E-state index in [1.165, 1.54) is 29.5 Å². The molecule has 0 unspecified atom stereocenters. The highest BCUT2D eigenvalue weighted by Gasteiger charge is 2.21. The summed E-state index contributed by atoms with van der Waals surface area (Å²) in [7, 11) is 0. The molecule has 0 radical (unpaired) electrons. The molecule has 1 aliphatic heterocycles. The average Bonchev–Trinajstić information content (AvgIpc) is 3.29. The van der Waals surface area contributed by atoms with Crippen LogP contribution in [0.15, 0.2) is 48.7 Å². The molecule has 0 aliphatic carbocycles. The molecular formula is C22H23FN6O2S. The van der Waals surface area contributed by atoms with Crippen LogP contribution in [0.1, 0.15) is 27.7 Å². The molecule has 0 bridgehead atoms. The molecule has 1 aliphatic rings. The van der Waals surface area contributed by atoms with E-state index >= 15 is 0 Å². The number of carbonyl (C=O) groups excluding carboxylic acids is 2. The zero-order chi connectivity index (χ0) is 22.3. The van der Waals surface area contributed by atoms with E-state index in [1.807, 2.05) is 23.1 Å². The van der Waals surface area contributed by atoms with Gasteiger partial charge in [0.05, 0.1) is 0 Å². The summed E-state index contributed by atoms with van der Waals surface area (Å²) >= 11 is 1.18. The molecule has 0 spiro atoms. The van der Waals surface area contributed by atoms with Crippen LogP contribution in [0.25, 0.3) is 0 Å². The quantitative estimate of drug-likeness (QED) is 0.590. The smallest absolute Gasteiger partial charge is 0.286 e. The molecule has 0 atom stereocenters. The summed E-state index contributed by atoms with van der Waals surface area (Å²) < 4.78 is 13.2. The second-order valence-electron chi connectivity index (χ2n) is 7.37. The normalized spacial score (nSPS) is 13.8. The Morgan fingerprint density at radius 2 is 1.91 bits per heavy atom. The summed E-state index contributed by atoms with van der Waals surface area (Å²) in [5.41, 5.74) is 0.362. The van der Waals surface area contributed by atoms with E-state index in [4.69, 9.17) is 0 Å². The number of rotatable bonds is 7. The Morgan fingerprint density at radius 3 is 2.66 bits per heavy atom. The largest absolute Gasteiger partial charge is 0.353 e. The molecule has 1 fully saturated rings. The molecule has 3 aromatic rings. The van der Waals surface area contributed by atoms with Crippen LogP contribution in [0.5, 0.6) is 0 Å². The first kappa shape index (κ1) is 21.8. The summed E-state index contributed by atoms with van der Waals surface area (Å²) in [6.45, 7) is 2.89. The molecule has 4 rings (SSSR count). The maximum Gasteiger partial charge on any atom is 0.286 e. The number of pyridine rings is 1. The van der Waals surface area contributed by atoms with Gasteiger partial charge in [0.15, 0.2) is 0 Å². The molecule has 1 aromatic carbocycles. The Labute approximate surface area is 189 Å². The third kappa shape index (κ3) is 5.64. The summed E-state index contributed by atoms with van der Waals surface area (Å²) in [5.74, 6) is 0.206. The van der Waals surface area contributed by atoms with Crippen molar-refractivity contribution in [3.63, 3.8) is 0 Å². The molecule has 2 amide bonds. The Kier molecular flexibility index (Phi) is 7.00. The van der Waals surface area contributed by atoms with Crippen LogP contribution < -0.4 is 10.2 Å². The van der Waals surface area contributed by atoms with Crippen LogP contribution in [0.2, 0.25) is 0 Å². The first-order chi connectivity index (χ1) is 15.6. The average molecular weight is 455 g/mol. The summed E-state index contributed by atoms with van der Waals surface area (Å²) in [6, 6.07) is 11.5. The van der Waals surface area contributed by atoms with E-state index in [-0.39, 0.29) is 10.9 Å². The summed E-state index contributed by atoms with van der Waals surface area (Å²) in [4.78, 5) is 33.2. The van der Waals surface area contributed by atoms with Gasteiger partial charge < -0.3 is 15.1 Å². The maximum absolute atomic E-state index is 13.2. The lowest BCUT2D eigenvalue weighted by atomic mass is 10.2. The van der Waals surface area contributed by atoms with Gasteiger partial charge in [-0.25, -0.2) is 9.37 Å². The van der Waals surface area contributed by atoms with Crippen molar-refractivity contribution in [2.75, 3.05) is 36.4 Å². The van der Waals surface area contributed by atoms with Crippen molar-refractivity contribution in [2.45, 2.75) is 19.3 Å². The molecule has 0 saturated carbocycles. The number of benzene rings is 1. The fourth-order valence-corrected chi connectivity index (χ4v) is 4.25. The molecule has 10 heteroatoms. The SMILES string of the molecule is O=C(Nc1cccc(F)c1)c1nnc(CCCC(=O)N2CCN(c3ccccn3)CC2)s1. The summed E-state index contributed by atoms with van der Waals surface area (Å²) in [6.07, 6.45) is 3.41. The zero-order valence-corrected chi connectivity index (χ0v) is 18.2. The Bertz CT molecular complexity index is 1070. The highest BCUT2D eigenvalue weighted by atomic mass is 32.1. The van der Waals surface area contributed by atoms with Crippen molar-refractivity contribution in [2.24, 2.45) is 0 Å². The number of nitrogens with one attached hydrogen (secondary N) is 1. The van der Waals surface area contributed by atoms with Gasteiger partial charge in [-0.3, -0.25) is 9.59 Å². The van der Waals surface area contributed by atoms with Crippen molar-refractivity contribution in [1.29, 1.82) is 0 Å². The second-order valence-corrected chi connectivity index (χ2v) is 8.44. The third-order valence-electron chi connectivity index (χ3n) is 5.13. The van der Waals surface area contributed by atoms with Gasteiger partial charge in [-0.1, -0.05) is 23.5 Å². The van der Waals surface area contributed by atoms with Gasteiger partial charge in [0.2, 0.25) is 10.9 Å². The van der Waals surface area contributed by atoms with E-state index in [9.17, 15) is 14.0 Å². The molecule has 2 aromatic heterocycles. The molecule has 1 saturated heterocycles. The second kappa shape index (κ2) is 10.3. The molecule has 3 heterocycles. The lowest BCUT2D eigenvalue weighted by Gasteiger charge is -2.35. The number of anilines is 2. The number of hydrogen-bond acceptors (Lipinski definition) is 7. The molecule has 32 heavy (non-hydrogen) atoms. The van der Waals surface area contributed by atoms with Gasteiger partial charge in [0, 0.05) is 50.9 Å². The number of hydrogen-bond donors (Lipinski definition) is 1. The lowest BCUT2D eigenvalue weighted by Crippen LogP contribution is -2.49. The van der Waals surface area contributed by atoms with Crippen molar-refractivity contribution in [3.8, 4) is 0 Å². The highest BCUT2D eigenvalue weighted by molar-refractivity contribution is 7.13. The predicted molar refractivity (Wildman–Crippen MR) is 120 cm³/mol. The van der Waals surface area contributed by atoms with Crippen molar-refractivity contribution < 1.29 is 14.0 Å². The van der Waals surface area contributed by atoms with Crippen LogP contribution in [0.3, 0.4) is 0 Å². The number of amides is 2. The van der Waals surface area contributed by atoms with Crippen LogP contribution in [-0.2, 0) is 11.2 Å². The van der Waals surface area contributed by atoms with Gasteiger partial charge in [0.1, 0.15) is 16.6 Å². The van der Waals surface area contributed by atoms with Crippen LogP contribution in [0.4, 0.5) is 15.9 Å². The van der Waals surface area contributed by atoms with Gasteiger partial charge in [-0.2, -0.15) is 0 Å². The van der Waals surface area contributed by atoms with Crippen molar-refractivity contribution in [3.05, 3.63) is 64.5 Å². The Hall–Kier alpha value is -3.40. The van der Waals surface area contributed by atoms with E-state index < -0.39 is 11.7 Å². The number of aromatic nitrogens is 3.